The minimum Gasteiger partial charge on any atom is -0.333 e. The molecule has 1 heterocycles. The zero-order chi connectivity index (χ0) is 15.6. The van der Waals surface area contributed by atoms with E-state index in [1.807, 2.05) is 45.0 Å². The monoisotopic (exact) mass is 289 g/mol. The van der Waals surface area contributed by atoms with E-state index in [1.165, 1.54) is 0 Å². The van der Waals surface area contributed by atoms with Gasteiger partial charge in [-0.05, 0) is 26.3 Å². The predicted octanol–water partition coefficient (Wildman–Crippen LogP) is 1.07. The fraction of sp³-hybridized carbons (Fsp3) is 0.500. The maximum Gasteiger partial charge on any atom is 0.312 e. The van der Waals surface area contributed by atoms with Crippen LogP contribution in [0.2, 0.25) is 0 Å². The van der Waals surface area contributed by atoms with Gasteiger partial charge in [0.1, 0.15) is 0 Å². The Morgan fingerprint density at radius 2 is 1.95 bits per heavy atom. The summed E-state index contributed by atoms with van der Waals surface area (Å²) in [6.45, 7) is 7.41. The van der Waals surface area contributed by atoms with Gasteiger partial charge in [-0.25, -0.2) is 0 Å². The number of hydrogen-bond donors (Lipinski definition) is 1. The molecule has 0 saturated carbocycles. The number of carbonyl (C=O) groups excluding carboxylic acids is 2. The fourth-order valence-electron chi connectivity index (χ4n) is 2.88. The fourth-order valence-corrected chi connectivity index (χ4v) is 2.88. The highest BCUT2D eigenvalue weighted by Gasteiger charge is 2.37. The molecule has 2 rings (SSSR count). The Labute approximate surface area is 125 Å². The molecule has 1 aliphatic rings. The van der Waals surface area contributed by atoms with E-state index in [4.69, 9.17) is 5.73 Å². The summed E-state index contributed by atoms with van der Waals surface area (Å²) in [4.78, 5) is 27.7. The Bertz CT molecular complexity index is 542. The number of aryl methyl sites for hydroxylation is 1. The highest BCUT2D eigenvalue weighted by molar-refractivity contribution is 6.35. The van der Waals surface area contributed by atoms with Crippen LogP contribution in [0.1, 0.15) is 31.0 Å². The number of amides is 2. The van der Waals surface area contributed by atoms with E-state index >= 15 is 0 Å². The highest BCUT2D eigenvalue weighted by Crippen LogP contribution is 2.26. The van der Waals surface area contributed by atoms with Crippen molar-refractivity contribution in [2.75, 3.05) is 19.6 Å². The first-order chi connectivity index (χ1) is 9.95. The second kappa shape index (κ2) is 6.26. The molecule has 5 nitrogen and oxygen atoms in total. The molecule has 2 N–H and O–H groups in total. The second-order valence-electron chi connectivity index (χ2n) is 5.60. The minimum atomic E-state index is -0.452. The molecule has 2 atom stereocenters. The van der Waals surface area contributed by atoms with Crippen LogP contribution in [0.25, 0.3) is 0 Å². The van der Waals surface area contributed by atoms with Gasteiger partial charge in [-0.15, -0.1) is 0 Å². The van der Waals surface area contributed by atoms with Gasteiger partial charge >= 0.3 is 11.8 Å². The second-order valence-corrected chi connectivity index (χ2v) is 5.60. The van der Waals surface area contributed by atoms with E-state index in [9.17, 15) is 9.59 Å². The molecule has 2 amide bonds. The van der Waals surface area contributed by atoms with E-state index in [2.05, 4.69) is 0 Å². The van der Waals surface area contributed by atoms with Crippen molar-refractivity contribution < 1.29 is 9.59 Å². The summed E-state index contributed by atoms with van der Waals surface area (Å²) in [6.07, 6.45) is 0. The average Bonchev–Trinajstić information content (AvgIpc) is 2.44. The van der Waals surface area contributed by atoms with Crippen LogP contribution in [0.4, 0.5) is 0 Å². The standard InChI is InChI=1S/C16H23N3O2/c1-4-18-8-9-19(16(21)15(18)20)14(12(3)17)13-7-5-6-11(2)10-13/h5-7,10,12,14H,4,8-9,17H2,1-3H3. The van der Waals surface area contributed by atoms with Gasteiger partial charge in [-0.2, -0.15) is 0 Å². The number of benzene rings is 1. The topological polar surface area (TPSA) is 66.6 Å². The van der Waals surface area contributed by atoms with E-state index in [0.29, 0.717) is 19.6 Å². The SMILES string of the molecule is CCN1CCN(C(c2cccc(C)c2)C(C)N)C(=O)C1=O. The van der Waals surface area contributed by atoms with Crippen molar-refractivity contribution in [3.05, 3.63) is 35.4 Å². The normalized spacial score (nSPS) is 18.9. The van der Waals surface area contributed by atoms with Crippen LogP contribution in [-0.2, 0) is 9.59 Å². The summed E-state index contributed by atoms with van der Waals surface area (Å²) in [5, 5.41) is 0. The maximum atomic E-state index is 12.4. The van der Waals surface area contributed by atoms with Crippen LogP contribution in [0.15, 0.2) is 24.3 Å². The van der Waals surface area contributed by atoms with Crippen LogP contribution in [0.5, 0.6) is 0 Å². The lowest BCUT2D eigenvalue weighted by Gasteiger charge is -2.40. The first-order valence-corrected chi connectivity index (χ1v) is 7.37. The van der Waals surface area contributed by atoms with E-state index in [1.54, 1.807) is 9.80 Å². The van der Waals surface area contributed by atoms with Crippen LogP contribution < -0.4 is 5.73 Å². The molecule has 1 aliphatic heterocycles. The van der Waals surface area contributed by atoms with Crippen LogP contribution in [0.3, 0.4) is 0 Å². The molecule has 0 aromatic heterocycles. The van der Waals surface area contributed by atoms with Crippen molar-refractivity contribution in [2.24, 2.45) is 5.73 Å². The number of nitrogens with two attached hydrogens (primary N) is 1. The van der Waals surface area contributed by atoms with E-state index in [0.717, 1.165) is 11.1 Å². The smallest absolute Gasteiger partial charge is 0.312 e. The Hall–Kier alpha value is -1.88. The first kappa shape index (κ1) is 15.5. The molecule has 0 bridgehead atoms. The summed E-state index contributed by atoms with van der Waals surface area (Å²) in [5.41, 5.74) is 8.20. The molecule has 21 heavy (non-hydrogen) atoms. The van der Waals surface area contributed by atoms with Crippen molar-refractivity contribution in [2.45, 2.75) is 32.9 Å². The van der Waals surface area contributed by atoms with Crippen molar-refractivity contribution in [3.63, 3.8) is 0 Å². The molecule has 2 unspecified atom stereocenters. The first-order valence-electron chi connectivity index (χ1n) is 7.37. The highest BCUT2D eigenvalue weighted by atomic mass is 16.2. The summed E-state index contributed by atoms with van der Waals surface area (Å²) in [5.74, 6) is -0.881. The number of piperazine rings is 1. The van der Waals surface area contributed by atoms with Crippen molar-refractivity contribution in [1.82, 2.24) is 9.80 Å². The van der Waals surface area contributed by atoms with Gasteiger partial charge in [0.25, 0.3) is 0 Å². The summed E-state index contributed by atoms with van der Waals surface area (Å²) < 4.78 is 0. The quantitative estimate of drug-likeness (QED) is 0.843. The van der Waals surface area contributed by atoms with Gasteiger partial charge in [0, 0.05) is 25.7 Å². The molecule has 114 valence electrons. The molecule has 1 aromatic rings. The van der Waals surface area contributed by atoms with Crippen molar-refractivity contribution in [1.29, 1.82) is 0 Å². The average molecular weight is 289 g/mol. The van der Waals surface area contributed by atoms with Gasteiger partial charge < -0.3 is 15.5 Å². The number of rotatable bonds is 4. The van der Waals surface area contributed by atoms with E-state index < -0.39 is 11.8 Å². The summed E-state index contributed by atoms with van der Waals surface area (Å²) in [7, 11) is 0. The zero-order valence-corrected chi connectivity index (χ0v) is 12.9. The minimum absolute atomic E-state index is 0.239. The molecule has 0 radical (unpaired) electrons. The Morgan fingerprint density at radius 3 is 2.52 bits per heavy atom. The molecule has 5 heteroatoms. The van der Waals surface area contributed by atoms with Gasteiger partial charge in [0.15, 0.2) is 0 Å². The largest absolute Gasteiger partial charge is 0.333 e. The van der Waals surface area contributed by atoms with Gasteiger partial charge in [-0.1, -0.05) is 29.8 Å². The lowest BCUT2D eigenvalue weighted by atomic mass is 9.96. The third-order valence-electron chi connectivity index (χ3n) is 3.94. The van der Waals surface area contributed by atoms with Crippen LogP contribution in [0, 0.1) is 6.92 Å². The molecule has 0 spiro atoms. The number of carbonyl (C=O) groups is 2. The lowest BCUT2D eigenvalue weighted by molar-refractivity contribution is -0.158. The Morgan fingerprint density at radius 1 is 1.24 bits per heavy atom. The maximum absolute atomic E-state index is 12.4. The van der Waals surface area contributed by atoms with Crippen molar-refractivity contribution in [3.8, 4) is 0 Å². The molecular formula is C16H23N3O2. The van der Waals surface area contributed by atoms with Gasteiger partial charge in [-0.3, -0.25) is 9.59 Å². The van der Waals surface area contributed by atoms with Crippen LogP contribution in [-0.4, -0.2) is 47.3 Å². The zero-order valence-electron chi connectivity index (χ0n) is 12.9. The molecule has 1 saturated heterocycles. The number of nitrogens with zero attached hydrogens (tertiary/aromatic N) is 2. The molecular weight excluding hydrogens is 266 g/mol. The van der Waals surface area contributed by atoms with Crippen LogP contribution >= 0.6 is 0 Å². The molecule has 1 fully saturated rings. The molecule has 1 aromatic carbocycles. The molecule has 0 aliphatic carbocycles. The van der Waals surface area contributed by atoms with Crippen molar-refractivity contribution >= 4 is 11.8 Å². The summed E-state index contributed by atoms with van der Waals surface area (Å²) >= 11 is 0. The third kappa shape index (κ3) is 3.08. The Balaban J connectivity index is 2.31. The van der Waals surface area contributed by atoms with Gasteiger partial charge in [0.2, 0.25) is 0 Å². The summed E-state index contributed by atoms with van der Waals surface area (Å²) in [6, 6.07) is 7.44. The number of hydrogen-bond acceptors (Lipinski definition) is 3. The number of likely N-dealkylation sites (N-methyl/N-ethyl adjacent to an activating group) is 1. The lowest BCUT2D eigenvalue weighted by Crippen LogP contribution is -2.57. The Kier molecular flexibility index (Phi) is 4.63. The predicted molar refractivity (Wildman–Crippen MR) is 81.5 cm³/mol. The third-order valence-corrected chi connectivity index (χ3v) is 3.94. The van der Waals surface area contributed by atoms with Gasteiger partial charge in [0.05, 0.1) is 6.04 Å². The van der Waals surface area contributed by atoms with E-state index in [-0.39, 0.29) is 12.1 Å².